The zero-order valence-electron chi connectivity index (χ0n) is 23.0. The number of carbonyl (C=O) groups is 2. The van der Waals surface area contributed by atoms with E-state index < -0.39 is 41.4 Å². The van der Waals surface area contributed by atoms with Gasteiger partial charge >= 0.3 is 12.1 Å². The summed E-state index contributed by atoms with van der Waals surface area (Å²) in [7, 11) is 0. The van der Waals surface area contributed by atoms with Crippen LogP contribution in [0.3, 0.4) is 0 Å². The Kier molecular flexibility index (Phi) is 6.72. The zero-order valence-corrected chi connectivity index (χ0v) is 23.0. The molecule has 222 valence electrons. The number of nitrogens with one attached hydrogen (secondary N) is 1. The first-order chi connectivity index (χ1) is 19.8. The number of fused-ring (bicyclic) bond motifs is 4. The highest BCUT2D eigenvalue weighted by Crippen LogP contribution is 2.70. The number of hydrogen-bond acceptors (Lipinski definition) is 4. The number of benzene rings is 1. The Balaban J connectivity index is 1.42. The van der Waals surface area contributed by atoms with E-state index in [1.165, 1.54) is 13.1 Å². The first-order valence-corrected chi connectivity index (χ1v) is 14.2. The van der Waals surface area contributed by atoms with Crippen LogP contribution >= 0.6 is 0 Å². The van der Waals surface area contributed by atoms with Gasteiger partial charge in [0.05, 0.1) is 11.9 Å². The van der Waals surface area contributed by atoms with Gasteiger partial charge in [-0.2, -0.15) is 22.0 Å². The van der Waals surface area contributed by atoms with Crippen LogP contribution in [-0.2, 0) is 4.79 Å². The van der Waals surface area contributed by atoms with Gasteiger partial charge in [0.2, 0.25) is 0 Å². The molecule has 1 heterocycles. The number of halogens is 5. The maximum Gasteiger partial charge on any atom is 0.456 e. The van der Waals surface area contributed by atoms with Crippen molar-refractivity contribution in [3.63, 3.8) is 0 Å². The number of pyridine rings is 1. The number of hydrogen-bond donors (Lipinski definition) is 2. The van der Waals surface area contributed by atoms with Crippen LogP contribution in [-0.4, -0.2) is 39.5 Å². The second-order valence-electron chi connectivity index (χ2n) is 12.3. The lowest BCUT2D eigenvalue weighted by molar-refractivity contribution is -0.362. The predicted octanol–water partition coefficient (Wildman–Crippen LogP) is 7.16. The van der Waals surface area contributed by atoms with Crippen LogP contribution in [0.4, 0.5) is 27.6 Å². The van der Waals surface area contributed by atoms with Crippen LogP contribution in [0.25, 0.3) is 0 Å². The molecule has 10 heteroatoms. The Morgan fingerprint density at radius 2 is 1.79 bits per heavy atom. The van der Waals surface area contributed by atoms with Gasteiger partial charge in [-0.25, -0.2) is 0 Å². The van der Waals surface area contributed by atoms with E-state index in [0.717, 1.165) is 16.7 Å². The molecule has 1 amide bonds. The van der Waals surface area contributed by atoms with Gasteiger partial charge < -0.3 is 10.4 Å². The van der Waals surface area contributed by atoms with Gasteiger partial charge in [0.25, 0.3) is 5.91 Å². The Bertz CT molecular complexity index is 1480. The molecule has 2 saturated carbocycles. The summed E-state index contributed by atoms with van der Waals surface area (Å²) in [5.74, 6) is -7.09. The quantitative estimate of drug-likeness (QED) is 0.373. The van der Waals surface area contributed by atoms with Crippen molar-refractivity contribution in [2.24, 2.45) is 17.3 Å². The molecule has 0 radical (unpaired) electrons. The van der Waals surface area contributed by atoms with E-state index in [9.17, 15) is 27.9 Å². The van der Waals surface area contributed by atoms with Crippen molar-refractivity contribution in [2.45, 2.75) is 75.5 Å². The highest BCUT2D eigenvalue weighted by Gasteiger charge is 2.79. The SMILES string of the molecule is C[C@]12C[C@H](c3ccc(C(=O)Nc4cccnc4)cc3)C3=C4CCC(=O)C=C4CC[C@H]3[C@@H]1CC[C@@]2(O)C(F)(F)C(F)(F)F. The van der Waals surface area contributed by atoms with Gasteiger partial charge in [0, 0.05) is 29.5 Å². The molecule has 5 atom stereocenters. The standard InChI is InChI=1S/C32H31F5N2O3/c1-29-16-25(18-4-6-19(7-5-18)28(41)39-21-3-2-14-38-17-21)27-23-11-9-22(40)15-20(23)8-10-24(27)26(29)12-13-30(29,42)31(33,34)32(35,36)37/h2-7,14-15,17,24-26,42H,8-13,16H2,1H3,(H,39,41)/t24-,25+,26-,29-,30-/m0/s1. The van der Waals surface area contributed by atoms with Crippen molar-refractivity contribution in [3.8, 4) is 0 Å². The van der Waals surface area contributed by atoms with E-state index in [2.05, 4.69) is 10.3 Å². The molecule has 1 aromatic heterocycles. The third-order valence-electron chi connectivity index (χ3n) is 10.3. The average molecular weight is 587 g/mol. The molecular formula is C32H31F5N2O3. The lowest BCUT2D eigenvalue weighted by atomic mass is 9.50. The smallest absolute Gasteiger partial charge is 0.383 e. The average Bonchev–Trinajstić information content (AvgIpc) is 3.23. The Morgan fingerprint density at radius 1 is 1.05 bits per heavy atom. The molecule has 0 unspecified atom stereocenters. The van der Waals surface area contributed by atoms with Gasteiger partial charge in [0.15, 0.2) is 5.78 Å². The van der Waals surface area contributed by atoms with Crippen LogP contribution in [0.5, 0.6) is 0 Å². The highest BCUT2D eigenvalue weighted by molar-refractivity contribution is 6.04. The molecule has 0 bridgehead atoms. The first kappa shape index (κ1) is 28.7. The van der Waals surface area contributed by atoms with E-state index in [-0.39, 0.29) is 30.4 Å². The topological polar surface area (TPSA) is 79.3 Å². The minimum atomic E-state index is -5.90. The molecule has 2 N–H and O–H groups in total. The largest absolute Gasteiger partial charge is 0.456 e. The molecule has 42 heavy (non-hydrogen) atoms. The molecule has 6 rings (SSSR count). The van der Waals surface area contributed by atoms with Crippen molar-refractivity contribution >= 4 is 17.4 Å². The van der Waals surface area contributed by atoms with Crippen LogP contribution in [0, 0.1) is 17.3 Å². The van der Waals surface area contributed by atoms with Crippen molar-refractivity contribution in [1.82, 2.24) is 4.98 Å². The van der Waals surface area contributed by atoms with Gasteiger partial charge in [-0.3, -0.25) is 14.6 Å². The normalized spacial score (nSPS) is 31.2. The lowest BCUT2D eigenvalue weighted by Gasteiger charge is -2.56. The van der Waals surface area contributed by atoms with Crippen LogP contribution < -0.4 is 5.32 Å². The number of aromatic nitrogens is 1. The molecule has 0 saturated heterocycles. The van der Waals surface area contributed by atoms with E-state index in [1.54, 1.807) is 48.7 Å². The van der Waals surface area contributed by atoms with E-state index in [0.29, 0.717) is 42.5 Å². The fraction of sp³-hybridized carbons (Fsp3) is 0.469. The minimum Gasteiger partial charge on any atom is -0.383 e. The molecule has 4 aliphatic rings. The Hall–Kier alpha value is -3.40. The monoisotopic (exact) mass is 586 g/mol. The fourth-order valence-electron chi connectivity index (χ4n) is 8.22. The molecule has 0 aliphatic heterocycles. The number of amides is 1. The summed E-state index contributed by atoms with van der Waals surface area (Å²) in [5.41, 5.74) is -0.594. The summed E-state index contributed by atoms with van der Waals surface area (Å²) in [6.45, 7) is 1.39. The number of carbonyl (C=O) groups excluding carboxylic acids is 2. The number of anilines is 1. The Labute approximate surface area is 239 Å². The van der Waals surface area contributed by atoms with Gasteiger partial charge in [0.1, 0.15) is 5.60 Å². The molecular weight excluding hydrogens is 555 g/mol. The summed E-state index contributed by atoms with van der Waals surface area (Å²) in [6, 6.07) is 9.99. The fourth-order valence-corrected chi connectivity index (χ4v) is 8.22. The van der Waals surface area contributed by atoms with Crippen LogP contribution in [0.1, 0.15) is 73.7 Å². The predicted molar refractivity (Wildman–Crippen MR) is 145 cm³/mol. The summed E-state index contributed by atoms with van der Waals surface area (Å²) in [5, 5.41) is 14.1. The van der Waals surface area contributed by atoms with Crippen molar-refractivity contribution in [1.29, 1.82) is 0 Å². The maximum atomic E-state index is 15.1. The third kappa shape index (κ3) is 4.24. The van der Waals surface area contributed by atoms with Gasteiger partial charge in [-0.1, -0.05) is 24.6 Å². The van der Waals surface area contributed by atoms with Crippen LogP contribution in [0.15, 0.2) is 71.6 Å². The lowest BCUT2D eigenvalue weighted by Crippen LogP contribution is -2.65. The van der Waals surface area contributed by atoms with E-state index >= 15 is 8.78 Å². The van der Waals surface area contributed by atoms with Crippen molar-refractivity contribution in [2.75, 3.05) is 5.32 Å². The first-order valence-electron chi connectivity index (χ1n) is 14.2. The highest BCUT2D eigenvalue weighted by atomic mass is 19.4. The number of nitrogens with zero attached hydrogens (tertiary/aromatic N) is 1. The van der Waals surface area contributed by atoms with Crippen molar-refractivity contribution < 1.29 is 36.6 Å². The third-order valence-corrected chi connectivity index (χ3v) is 10.3. The molecule has 2 fully saturated rings. The minimum absolute atomic E-state index is 0.0223. The molecule has 1 aromatic carbocycles. The van der Waals surface area contributed by atoms with Crippen LogP contribution in [0.2, 0.25) is 0 Å². The number of ketones is 1. The molecule has 2 aromatic rings. The van der Waals surface area contributed by atoms with Gasteiger partial charge in [-0.05, 0) is 97.4 Å². The maximum absolute atomic E-state index is 15.1. The second kappa shape index (κ2) is 9.82. The van der Waals surface area contributed by atoms with E-state index in [1.807, 2.05) is 0 Å². The second-order valence-corrected chi connectivity index (χ2v) is 12.3. The van der Waals surface area contributed by atoms with Crippen molar-refractivity contribution in [3.05, 3.63) is 82.7 Å². The summed E-state index contributed by atoms with van der Waals surface area (Å²) < 4.78 is 71.5. The molecule has 5 nitrogen and oxygen atoms in total. The number of aliphatic hydroxyl groups is 1. The summed E-state index contributed by atoms with van der Waals surface area (Å²) in [4.78, 5) is 29.0. The number of alkyl halides is 5. The summed E-state index contributed by atoms with van der Waals surface area (Å²) >= 11 is 0. The Morgan fingerprint density at radius 3 is 2.45 bits per heavy atom. The zero-order chi connectivity index (χ0) is 30.1. The number of allylic oxidation sites excluding steroid dienone is 4. The van der Waals surface area contributed by atoms with Gasteiger partial charge in [-0.15, -0.1) is 0 Å². The molecule has 0 spiro atoms. The number of rotatable bonds is 4. The summed E-state index contributed by atoms with van der Waals surface area (Å²) in [6.07, 6.45) is -0.0427. The molecule has 4 aliphatic carbocycles. The van der Waals surface area contributed by atoms with E-state index in [4.69, 9.17) is 0 Å².